The molecule has 42 heavy (non-hydrogen) atoms. The Balaban J connectivity index is 1.40. The molecule has 4 rings (SSSR count). The number of hydrogen-bond acceptors (Lipinski definition) is 5. The zero-order valence-electron chi connectivity index (χ0n) is 24.8. The van der Waals surface area contributed by atoms with Gasteiger partial charge < -0.3 is 9.64 Å². The van der Waals surface area contributed by atoms with Gasteiger partial charge in [0.1, 0.15) is 5.75 Å². The van der Waals surface area contributed by atoms with Gasteiger partial charge in [-0.2, -0.15) is 4.31 Å². The van der Waals surface area contributed by atoms with Crippen LogP contribution < -0.4 is 4.74 Å². The fourth-order valence-corrected chi connectivity index (χ4v) is 6.56. The molecule has 0 bridgehead atoms. The molecule has 0 unspecified atom stereocenters. The number of para-hydroxylation sites is 1. The van der Waals surface area contributed by atoms with Crippen molar-refractivity contribution in [3.8, 4) is 5.75 Å². The van der Waals surface area contributed by atoms with Gasteiger partial charge in [-0.15, -0.1) is 0 Å². The van der Waals surface area contributed by atoms with E-state index < -0.39 is 10.0 Å². The number of halogens is 1. The molecule has 0 aromatic heterocycles. The number of hydrogen-bond donors (Lipinski definition) is 0. The lowest BCUT2D eigenvalue weighted by molar-refractivity contribution is 0.0745. The van der Waals surface area contributed by atoms with Gasteiger partial charge >= 0.3 is 0 Å². The molecule has 0 aliphatic carbocycles. The van der Waals surface area contributed by atoms with Gasteiger partial charge in [0.2, 0.25) is 10.0 Å². The average molecular weight is 610 g/mol. The summed E-state index contributed by atoms with van der Waals surface area (Å²) >= 11 is 6.37. The Morgan fingerprint density at radius 1 is 0.952 bits per heavy atom. The van der Waals surface area contributed by atoms with E-state index in [2.05, 4.69) is 25.7 Å². The number of methoxy groups -OCH3 is 1. The van der Waals surface area contributed by atoms with Crippen molar-refractivity contribution in [3.05, 3.63) is 101 Å². The van der Waals surface area contributed by atoms with Crippen molar-refractivity contribution in [2.45, 2.75) is 31.1 Å². The summed E-state index contributed by atoms with van der Waals surface area (Å²) in [6.45, 7) is 9.77. The Hall–Kier alpha value is -3.17. The van der Waals surface area contributed by atoms with Gasteiger partial charge in [0.25, 0.3) is 5.91 Å². The topological polar surface area (TPSA) is 70.2 Å². The predicted octanol–water partition coefficient (Wildman–Crippen LogP) is 5.81. The fraction of sp³-hybridized carbons (Fsp3) is 0.364. The molecule has 3 aromatic carbocycles. The Kier molecular flexibility index (Phi) is 10.5. The zero-order chi connectivity index (χ0) is 30.3. The summed E-state index contributed by atoms with van der Waals surface area (Å²) in [4.78, 5) is 17.8. The second-order valence-corrected chi connectivity index (χ2v) is 13.7. The molecule has 1 amide bonds. The molecule has 3 aromatic rings. The lowest BCUT2D eigenvalue weighted by Gasteiger charge is -2.35. The van der Waals surface area contributed by atoms with Crippen LogP contribution >= 0.6 is 11.6 Å². The second-order valence-electron chi connectivity index (χ2n) is 11.4. The monoisotopic (exact) mass is 609 g/mol. The van der Waals surface area contributed by atoms with Gasteiger partial charge in [-0.05, 0) is 41.3 Å². The van der Waals surface area contributed by atoms with Crippen LogP contribution in [0.15, 0.2) is 83.8 Å². The van der Waals surface area contributed by atoms with Crippen LogP contribution in [0, 0.1) is 0 Å². The highest BCUT2D eigenvalue weighted by atomic mass is 35.5. The average Bonchev–Trinajstić information content (AvgIpc) is 2.99. The van der Waals surface area contributed by atoms with Gasteiger partial charge in [0, 0.05) is 51.4 Å². The van der Waals surface area contributed by atoms with Crippen molar-refractivity contribution in [1.29, 1.82) is 0 Å². The Morgan fingerprint density at radius 3 is 2.24 bits per heavy atom. The van der Waals surface area contributed by atoms with E-state index in [0.717, 1.165) is 16.9 Å². The molecular weight excluding hydrogens is 570 g/mol. The minimum Gasteiger partial charge on any atom is -0.496 e. The Labute approximate surface area is 255 Å². The summed E-state index contributed by atoms with van der Waals surface area (Å²) in [5, 5.41) is 0.413. The molecule has 7 nitrogen and oxygen atoms in total. The summed E-state index contributed by atoms with van der Waals surface area (Å²) in [6, 6.07) is 22.0. The van der Waals surface area contributed by atoms with Gasteiger partial charge in [-0.3, -0.25) is 9.69 Å². The van der Waals surface area contributed by atoms with Crippen molar-refractivity contribution in [2.75, 3.05) is 52.9 Å². The van der Waals surface area contributed by atoms with E-state index in [0.29, 0.717) is 61.3 Å². The smallest absolute Gasteiger partial charge is 0.255 e. The Bertz CT molecular complexity index is 1490. The summed E-state index contributed by atoms with van der Waals surface area (Å²) in [6.07, 6.45) is 3.89. The maximum Gasteiger partial charge on any atom is 0.255 e. The number of amides is 1. The first kappa shape index (κ1) is 31.8. The summed E-state index contributed by atoms with van der Waals surface area (Å²) in [7, 11) is -1.94. The number of sulfonamides is 1. The van der Waals surface area contributed by atoms with Crippen LogP contribution in [-0.2, 0) is 15.4 Å². The molecule has 0 spiro atoms. The number of rotatable bonds is 10. The van der Waals surface area contributed by atoms with Crippen LogP contribution in [0.4, 0.5) is 0 Å². The third-order valence-electron chi connectivity index (χ3n) is 7.53. The number of benzene rings is 3. The predicted molar refractivity (Wildman–Crippen MR) is 170 cm³/mol. The van der Waals surface area contributed by atoms with E-state index in [9.17, 15) is 13.2 Å². The van der Waals surface area contributed by atoms with Crippen LogP contribution in [-0.4, -0.2) is 81.4 Å². The maximum atomic E-state index is 13.5. The first-order valence-corrected chi connectivity index (χ1v) is 16.0. The number of carbonyl (C=O) groups is 1. The molecule has 0 radical (unpaired) electrons. The molecule has 1 saturated heterocycles. The maximum absolute atomic E-state index is 13.5. The van der Waals surface area contributed by atoms with E-state index >= 15 is 0 Å². The molecule has 1 fully saturated rings. The van der Waals surface area contributed by atoms with Crippen LogP contribution in [0.25, 0.3) is 6.08 Å². The highest BCUT2D eigenvalue weighted by Crippen LogP contribution is 2.25. The highest BCUT2D eigenvalue weighted by Gasteiger charge is 2.29. The van der Waals surface area contributed by atoms with Crippen molar-refractivity contribution in [2.24, 2.45) is 0 Å². The highest BCUT2D eigenvalue weighted by molar-refractivity contribution is 7.89. The van der Waals surface area contributed by atoms with Crippen LogP contribution in [0.1, 0.15) is 42.3 Å². The molecule has 1 aliphatic rings. The van der Waals surface area contributed by atoms with E-state index in [1.807, 2.05) is 48.6 Å². The van der Waals surface area contributed by atoms with E-state index in [-0.39, 0.29) is 11.3 Å². The largest absolute Gasteiger partial charge is 0.496 e. The van der Waals surface area contributed by atoms with Crippen LogP contribution in [0.5, 0.6) is 5.75 Å². The summed E-state index contributed by atoms with van der Waals surface area (Å²) in [5.74, 6) is 0.612. The van der Waals surface area contributed by atoms with Crippen LogP contribution in [0.2, 0.25) is 5.02 Å². The molecule has 9 heteroatoms. The lowest BCUT2D eigenvalue weighted by Crippen LogP contribution is -2.50. The van der Waals surface area contributed by atoms with Gasteiger partial charge in [-0.25, -0.2) is 8.42 Å². The molecule has 0 saturated carbocycles. The van der Waals surface area contributed by atoms with Crippen LogP contribution in [0.3, 0.4) is 0 Å². The molecule has 224 valence electrons. The van der Waals surface area contributed by atoms with Crippen molar-refractivity contribution < 1.29 is 17.9 Å². The first-order valence-electron chi connectivity index (χ1n) is 14.2. The SMILES string of the molecule is COc1ccccc1/C=C/CN(CCN1CCN(S(=O)(=O)c2ccc(C(C)(C)C)cc2)CC1)C(=O)c1ccccc1Cl. The van der Waals surface area contributed by atoms with E-state index in [4.69, 9.17) is 16.3 Å². The van der Waals surface area contributed by atoms with Gasteiger partial charge in [0.05, 0.1) is 22.6 Å². The molecular formula is C33H40ClN3O4S. The molecule has 0 atom stereocenters. The molecule has 1 heterocycles. The van der Waals surface area contributed by atoms with Crippen molar-refractivity contribution in [1.82, 2.24) is 14.1 Å². The Morgan fingerprint density at radius 2 is 1.60 bits per heavy atom. The van der Waals surface area contributed by atoms with Crippen molar-refractivity contribution in [3.63, 3.8) is 0 Å². The first-order chi connectivity index (χ1) is 20.0. The lowest BCUT2D eigenvalue weighted by atomic mass is 9.87. The quantitative estimate of drug-likeness (QED) is 0.290. The summed E-state index contributed by atoms with van der Waals surface area (Å²) in [5.41, 5.74) is 2.44. The third kappa shape index (κ3) is 7.81. The minimum absolute atomic E-state index is 0.0424. The van der Waals surface area contributed by atoms with E-state index in [1.165, 1.54) is 0 Å². The van der Waals surface area contributed by atoms with E-state index in [1.54, 1.807) is 52.7 Å². The number of ether oxygens (including phenoxy) is 1. The van der Waals surface area contributed by atoms with Crippen molar-refractivity contribution >= 4 is 33.6 Å². The normalized spacial score (nSPS) is 15.2. The fourth-order valence-electron chi connectivity index (χ4n) is 4.92. The third-order valence-corrected chi connectivity index (χ3v) is 9.77. The number of nitrogens with zero attached hydrogens (tertiary/aromatic N) is 3. The summed E-state index contributed by atoms with van der Waals surface area (Å²) < 4.78 is 33.6. The van der Waals surface area contributed by atoms with Gasteiger partial charge in [0.15, 0.2) is 0 Å². The zero-order valence-corrected chi connectivity index (χ0v) is 26.4. The number of piperazine rings is 1. The number of carbonyl (C=O) groups excluding carboxylic acids is 1. The second kappa shape index (κ2) is 13.9. The minimum atomic E-state index is -3.57. The molecule has 1 aliphatic heterocycles. The van der Waals surface area contributed by atoms with Gasteiger partial charge in [-0.1, -0.05) is 87.0 Å². The molecule has 0 N–H and O–H groups in total. The standard InChI is InChI=1S/C33H40ClN3O4S/c1-33(2,3)27-15-17-28(18-16-27)42(39,40)37-24-21-35(22-25-37)20-23-36(32(38)29-12-6-7-13-30(29)34)19-9-11-26-10-5-8-14-31(26)41-4/h5-18H,19-25H2,1-4H3/b11-9+.